The third-order valence-electron chi connectivity index (χ3n) is 6.28. The van der Waals surface area contributed by atoms with E-state index >= 15 is 0 Å². The Balaban J connectivity index is 3.71. The van der Waals surface area contributed by atoms with Crippen LogP contribution < -0.4 is 0 Å². The van der Waals surface area contributed by atoms with Crippen LogP contribution in [0.3, 0.4) is 0 Å². The van der Waals surface area contributed by atoms with Gasteiger partial charge in [-0.2, -0.15) is 0 Å². The number of hydrogen-bond donors (Lipinski definition) is 0. The molecule has 0 amide bonds. The number of rotatable bonds is 9. The fraction of sp³-hybridized carbons (Fsp3) is 0.871. The van der Waals surface area contributed by atoms with Gasteiger partial charge in [0.2, 0.25) is 0 Å². The standard InChI is InChI=1S/C31H56O10Si/c1-28(2,3)24(32)37-18-19-20(39-25(33)29(4,5)6)21(40-26(34)30(7,8)9)22(41-27(35)31(10,11)12)23(38-19)36-16-17-42(13,14)15/h19-23H,16-18H2,1-15H3/t19-,20-,21+,22+,23+/m1/s1. The van der Waals surface area contributed by atoms with Gasteiger partial charge in [-0.1, -0.05) is 19.6 Å². The Morgan fingerprint density at radius 3 is 1.36 bits per heavy atom. The van der Waals surface area contributed by atoms with E-state index in [2.05, 4.69) is 19.6 Å². The first-order valence-electron chi connectivity index (χ1n) is 14.7. The lowest BCUT2D eigenvalue weighted by molar-refractivity contribution is -0.311. The second-order valence-electron chi connectivity index (χ2n) is 16.4. The molecule has 0 saturated carbocycles. The highest BCUT2D eigenvalue weighted by Crippen LogP contribution is 2.34. The molecule has 0 radical (unpaired) electrons. The van der Waals surface area contributed by atoms with E-state index in [0.29, 0.717) is 6.61 Å². The van der Waals surface area contributed by atoms with Crippen LogP contribution in [0, 0.1) is 21.7 Å². The van der Waals surface area contributed by atoms with Crippen LogP contribution in [-0.2, 0) is 47.6 Å². The molecule has 0 N–H and O–H groups in total. The summed E-state index contributed by atoms with van der Waals surface area (Å²) >= 11 is 0. The summed E-state index contributed by atoms with van der Waals surface area (Å²) in [5, 5.41) is 0. The van der Waals surface area contributed by atoms with Crippen LogP contribution in [0.15, 0.2) is 0 Å². The molecule has 0 aromatic heterocycles. The van der Waals surface area contributed by atoms with Crippen LogP contribution in [0.2, 0.25) is 25.7 Å². The zero-order chi connectivity index (χ0) is 33.1. The van der Waals surface area contributed by atoms with Crippen molar-refractivity contribution in [2.45, 2.75) is 139 Å². The fourth-order valence-electron chi connectivity index (χ4n) is 3.31. The zero-order valence-electron chi connectivity index (χ0n) is 28.6. The lowest BCUT2D eigenvalue weighted by Crippen LogP contribution is -2.64. The van der Waals surface area contributed by atoms with Crippen LogP contribution in [0.1, 0.15) is 83.1 Å². The summed E-state index contributed by atoms with van der Waals surface area (Å²) in [5.41, 5.74) is -3.56. The van der Waals surface area contributed by atoms with Crippen LogP contribution in [0.4, 0.5) is 0 Å². The van der Waals surface area contributed by atoms with Crippen LogP contribution in [0.5, 0.6) is 0 Å². The summed E-state index contributed by atoms with van der Waals surface area (Å²) in [4.78, 5) is 52.4. The normalized spacial score (nSPS) is 24.0. The molecule has 244 valence electrons. The molecule has 11 heteroatoms. The maximum absolute atomic E-state index is 13.3. The van der Waals surface area contributed by atoms with Gasteiger partial charge in [0, 0.05) is 14.7 Å². The molecule has 1 fully saturated rings. The highest BCUT2D eigenvalue weighted by atomic mass is 28.3. The van der Waals surface area contributed by atoms with E-state index in [9.17, 15) is 19.2 Å². The Hall–Kier alpha value is -1.98. The highest BCUT2D eigenvalue weighted by Gasteiger charge is 2.55. The molecular weight excluding hydrogens is 560 g/mol. The van der Waals surface area contributed by atoms with Gasteiger partial charge >= 0.3 is 23.9 Å². The minimum absolute atomic E-state index is 0.296. The first-order chi connectivity index (χ1) is 18.6. The number of esters is 4. The monoisotopic (exact) mass is 616 g/mol. The summed E-state index contributed by atoms with van der Waals surface area (Å²) in [5.74, 6) is -2.27. The summed E-state index contributed by atoms with van der Waals surface area (Å²) in [7, 11) is -1.53. The minimum Gasteiger partial charge on any atom is -0.462 e. The van der Waals surface area contributed by atoms with E-state index in [1.54, 1.807) is 83.1 Å². The molecule has 1 aliphatic heterocycles. The van der Waals surface area contributed by atoms with Crippen molar-refractivity contribution in [3.63, 3.8) is 0 Å². The Labute approximate surface area is 253 Å². The SMILES string of the molecule is CC(C)(C)C(=O)OC[C@H]1O[C@H](OCC[Si](C)(C)C)[C@@H](OC(=O)C(C)(C)C)[C@@H](OC(=O)C(C)(C)C)[C@@H]1OC(=O)C(C)(C)C. The van der Waals surface area contributed by atoms with Crippen LogP contribution in [0.25, 0.3) is 0 Å². The first-order valence-corrected chi connectivity index (χ1v) is 18.4. The average Bonchev–Trinajstić information content (AvgIpc) is 2.77. The van der Waals surface area contributed by atoms with Crippen molar-refractivity contribution < 1.29 is 47.6 Å². The summed E-state index contributed by atoms with van der Waals surface area (Å²) in [6.45, 7) is 26.9. The zero-order valence-corrected chi connectivity index (χ0v) is 29.6. The lowest BCUT2D eigenvalue weighted by atomic mass is 9.93. The Morgan fingerprint density at radius 1 is 0.595 bits per heavy atom. The molecule has 0 aliphatic carbocycles. The molecular formula is C31H56O10Si. The molecule has 0 unspecified atom stereocenters. The largest absolute Gasteiger partial charge is 0.462 e. The topological polar surface area (TPSA) is 124 Å². The molecule has 0 bridgehead atoms. The predicted molar refractivity (Wildman–Crippen MR) is 161 cm³/mol. The van der Waals surface area contributed by atoms with Gasteiger partial charge in [-0.15, -0.1) is 0 Å². The molecule has 0 aromatic carbocycles. The number of ether oxygens (including phenoxy) is 6. The molecule has 0 aromatic rings. The maximum Gasteiger partial charge on any atom is 0.311 e. The molecule has 42 heavy (non-hydrogen) atoms. The van der Waals surface area contributed by atoms with Crippen molar-refractivity contribution in [2.24, 2.45) is 21.7 Å². The first kappa shape index (κ1) is 38.0. The Bertz CT molecular complexity index is 957. The Morgan fingerprint density at radius 2 is 0.976 bits per heavy atom. The van der Waals surface area contributed by atoms with Crippen LogP contribution in [-0.4, -0.2) is 75.9 Å². The second-order valence-corrected chi connectivity index (χ2v) is 22.1. The van der Waals surface area contributed by atoms with Crippen molar-refractivity contribution in [3.05, 3.63) is 0 Å². The smallest absolute Gasteiger partial charge is 0.311 e. The average molecular weight is 617 g/mol. The third-order valence-corrected chi connectivity index (χ3v) is 7.99. The van der Waals surface area contributed by atoms with Crippen molar-refractivity contribution in [3.8, 4) is 0 Å². The van der Waals surface area contributed by atoms with E-state index in [1.807, 2.05) is 0 Å². The lowest BCUT2D eigenvalue weighted by Gasteiger charge is -2.46. The molecule has 1 saturated heterocycles. The number of carbonyl (C=O) groups excluding carboxylic acids is 4. The van der Waals surface area contributed by atoms with Gasteiger partial charge in [0.05, 0.1) is 21.7 Å². The van der Waals surface area contributed by atoms with Crippen molar-refractivity contribution in [2.75, 3.05) is 13.2 Å². The molecule has 5 atom stereocenters. The molecule has 10 nitrogen and oxygen atoms in total. The minimum atomic E-state index is -1.53. The quantitative estimate of drug-likeness (QED) is 0.186. The molecule has 1 heterocycles. The van der Waals surface area contributed by atoms with E-state index in [1.165, 1.54) is 0 Å². The van der Waals surface area contributed by atoms with Crippen molar-refractivity contribution in [1.29, 1.82) is 0 Å². The summed E-state index contributed by atoms with van der Waals surface area (Å²) in [6, 6.07) is 0.783. The summed E-state index contributed by atoms with van der Waals surface area (Å²) < 4.78 is 35.9. The number of carbonyl (C=O) groups is 4. The highest BCUT2D eigenvalue weighted by molar-refractivity contribution is 6.76. The third kappa shape index (κ3) is 12.0. The van der Waals surface area contributed by atoms with Gasteiger partial charge in [0.15, 0.2) is 24.6 Å². The van der Waals surface area contributed by atoms with Crippen molar-refractivity contribution >= 4 is 32.0 Å². The number of hydrogen-bond acceptors (Lipinski definition) is 10. The molecule has 1 rings (SSSR count). The fourth-order valence-corrected chi connectivity index (χ4v) is 4.04. The summed E-state index contributed by atoms with van der Waals surface area (Å²) in [6.07, 6.45) is -6.11. The maximum atomic E-state index is 13.3. The second kappa shape index (κ2) is 13.8. The van der Waals surface area contributed by atoms with Gasteiger partial charge in [0.25, 0.3) is 0 Å². The molecule has 1 aliphatic rings. The van der Waals surface area contributed by atoms with Gasteiger partial charge in [0.1, 0.15) is 12.7 Å². The van der Waals surface area contributed by atoms with Gasteiger partial charge < -0.3 is 28.4 Å². The van der Waals surface area contributed by atoms with Gasteiger partial charge in [-0.05, 0) is 89.1 Å². The van der Waals surface area contributed by atoms with Gasteiger partial charge in [-0.25, -0.2) is 0 Å². The van der Waals surface area contributed by atoms with Crippen molar-refractivity contribution in [1.82, 2.24) is 0 Å². The Kier molecular flexibility index (Phi) is 12.5. The van der Waals surface area contributed by atoms with E-state index < -0.39 is 84.3 Å². The predicted octanol–water partition coefficient (Wildman–Crippen LogP) is 5.53. The van der Waals surface area contributed by atoms with E-state index in [-0.39, 0.29) is 6.61 Å². The van der Waals surface area contributed by atoms with E-state index in [4.69, 9.17) is 28.4 Å². The van der Waals surface area contributed by atoms with Crippen LogP contribution >= 0.6 is 0 Å². The van der Waals surface area contributed by atoms with Gasteiger partial charge in [-0.3, -0.25) is 19.2 Å². The molecule has 0 spiro atoms. The van der Waals surface area contributed by atoms with E-state index in [0.717, 1.165) is 6.04 Å².